The molecular weight excluding hydrogens is 402 g/mol. The van der Waals surface area contributed by atoms with Crippen molar-refractivity contribution in [3.63, 3.8) is 0 Å². The molecule has 0 radical (unpaired) electrons. The summed E-state index contributed by atoms with van der Waals surface area (Å²) in [5.74, 6) is -1.09. The molecule has 1 aliphatic heterocycles. The number of nitrogens with one attached hydrogen (secondary N) is 2. The molecule has 0 saturated heterocycles. The van der Waals surface area contributed by atoms with Crippen LogP contribution in [0.5, 0.6) is 0 Å². The van der Waals surface area contributed by atoms with Crippen molar-refractivity contribution in [1.82, 2.24) is 5.32 Å². The topological polar surface area (TPSA) is 87.7 Å². The SMILES string of the molecule is CCOC(=O)c1c(NC(=O)CN2c3ccccc3CC[C@H]2C)sc(C(=O)NC)c1C. The average Bonchev–Trinajstić information content (AvgIpc) is 3.05. The molecule has 1 aromatic heterocycles. The molecule has 2 aromatic rings. The highest BCUT2D eigenvalue weighted by Crippen LogP contribution is 2.34. The summed E-state index contributed by atoms with van der Waals surface area (Å²) in [6, 6.07) is 8.32. The number of carbonyl (C=O) groups excluding carboxylic acids is 3. The molecule has 0 spiro atoms. The quantitative estimate of drug-likeness (QED) is 0.688. The number of ether oxygens (including phenoxy) is 1. The van der Waals surface area contributed by atoms with E-state index in [2.05, 4.69) is 28.5 Å². The van der Waals surface area contributed by atoms with Crippen LogP contribution < -0.4 is 15.5 Å². The summed E-state index contributed by atoms with van der Waals surface area (Å²) in [4.78, 5) is 40.1. The molecular formula is C22H27N3O4S. The number of nitrogens with zero attached hydrogens (tertiary/aromatic N) is 1. The van der Waals surface area contributed by atoms with Crippen molar-refractivity contribution < 1.29 is 19.1 Å². The number of fused-ring (bicyclic) bond motifs is 1. The van der Waals surface area contributed by atoms with Gasteiger partial charge in [0, 0.05) is 18.8 Å². The Morgan fingerprint density at radius 3 is 2.70 bits per heavy atom. The summed E-state index contributed by atoms with van der Waals surface area (Å²) < 4.78 is 5.15. The van der Waals surface area contributed by atoms with Gasteiger partial charge in [0.1, 0.15) is 5.00 Å². The second kappa shape index (κ2) is 9.30. The summed E-state index contributed by atoms with van der Waals surface area (Å²) >= 11 is 1.09. The first kappa shape index (κ1) is 21.8. The average molecular weight is 430 g/mol. The lowest BCUT2D eigenvalue weighted by Crippen LogP contribution is -2.42. The molecule has 3 rings (SSSR count). The molecule has 30 heavy (non-hydrogen) atoms. The standard InChI is InChI=1S/C22H27N3O4S/c1-5-29-22(28)18-14(3)19(20(27)23-4)30-21(18)24-17(26)12-25-13(2)10-11-15-8-6-7-9-16(15)25/h6-9,13H,5,10-12H2,1-4H3,(H,23,27)(H,24,26)/t13-/m1/s1. The molecule has 7 nitrogen and oxygen atoms in total. The van der Waals surface area contributed by atoms with Crippen LogP contribution in [0.15, 0.2) is 24.3 Å². The molecule has 2 N–H and O–H groups in total. The Labute approximate surface area is 180 Å². The fourth-order valence-electron chi connectivity index (χ4n) is 3.70. The third-order valence-electron chi connectivity index (χ3n) is 5.29. The first-order chi connectivity index (χ1) is 14.4. The molecule has 1 aliphatic rings. The van der Waals surface area contributed by atoms with Crippen LogP contribution in [0.2, 0.25) is 0 Å². The Balaban J connectivity index is 1.86. The van der Waals surface area contributed by atoms with E-state index in [1.807, 2.05) is 18.2 Å². The molecule has 0 aliphatic carbocycles. The number of aryl methyl sites for hydroxylation is 1. The number of anilines is 2. The lowest BCUT2D eigenvalue weighted by molar-refractivity contribution is -0.115. The molecule has 0 saturated carbocycles. The molecule has 2 amide bonds. The van der Waals surface area contributed by atoms with Crippen LogP contribution in [0, 0.1) is 6.92 Å². The van der Waals surface area contributed by atoms with E-state index in [0.717, 1.165) is 29.9 Å². The van der Waals surface area contributed by atoms with Gasteiger partial charge in [-0.2, -0.15) is 0 Å². The molecule has 2 heterocycles. The Bertz CT molecular complexity index is 969. The zero-order valence-electron chi connectivity index (χ0n) is 17.7. The van der Waals surface area contributed by atoms with Gasteiger partial charge in [-0.1, -0.05) is 18.2 Å². The second-order valence-corrected chi connectivity index (χ2v) is 8.27. The summed E-state index contributed by atoms with van der Waals surface area (Å²) in [5, 5.41) is 5.75. The molecule has 8 heteroatoms. The number of esters is 1. The van der Waals surface area contributed by atoms with Crippen molar-refractivity contribution in [3.8, 4) is 0 Å². The minimum Gasteiger partial charge on any atom is -0.462 e. The highest BCUT2D eigenvalue weighted by molar-refractivity contribution is 7.18. The van der Waals surface area contributed by atoms with Gasteiger partial charge in [-0.05, 0) is 50.8 Å². The van der Waals surface area contributed by atoms with Gasteiger partial charge >= 0.3 is 5.97 Å². The minimum absolute atomic E-state index is 0.159. The maximum atomic E-state index is 12.9. The molecule has 0 fully saturated rings. The first-order valence-corrected chi connectivity index (χ1v) is 10.9. The van der Waals surface area contributed by atoms with Crippen molar-refractivity contribution >= 4 is 39.8 Å². The zero-order chi connectivity index (χ0) is 21.8. The van der Waals surface area contributed by atoms with Crippen LogP contribution in [-0.2, 0) is 16.0 Å². The zero-order valence-corrected chi connectivity index (χ0v) is 18.5. The van der Waals surface area contributed by atoms with Gasteiger partial charge in [-0.25, -0.2) is 4.79 Å². The minimum atomic E-state index is -0.548. The van der Waals surface area contributed by atoms with Gasteiger partial charge in [0.15, 0.2) is 0 Å². The smallest absolute Gasteiger partial charge is 0.341 e. The van der Waals surface area contributed by atoms with E-state index in [0.29, 0.717) is 15.4 Å². The Morgan fingerprint density at radius 1 is 1.27 bits per heavy atom. The van der Waals surface area contributed by atoms with E-state index < -0.39 is 5.97 Å². The summed E-state index contributed by atoms with van der Waals surface area (Å²) in [7, 11) is 1.53. The number of hydrogen-bond donors (Lipinski definition) is 2. The number of carbonyl (C=O) groups is 3. The largest absolute Gasteiger partial charge is 0.462 e. The number of amides is 2. The van der Waals surface area contributed by atoms with E-state index in [1.165, 1.54) is 12.6 Å². The van der Waals surface area contributed by atoms with E-state index in [-0.39, 0.29) is 36.6 Å². The Hall–Kier alpha value is -2.87. The highest BCUT2D eigenvalue weighted by atomic mass is 32.1. The molecule has 0 unspecified atom stereocenters. The van der Waals surface area contributed by atoms with E-state index >= 15 is 0 Å². The highest BCUT2D eigenvalue weighted by Gasteiger charge is 2.28. The predicted molar refractivity (Wildman–Crippen MR) is 119 cm³/mol. The predicted octanol–water partition coefficient (Wildman–Crippen LogP) is 3.37. The van der Waals surface area contributed by atoms with E-state index in [9.17, 15) is 14.4 Å². The van der Waals surface area contributed by atoms with Crippen molar-refractivity contribution in [2.24, 2.45) is 0 Å². The van der Waals surface area contributed by atoms with Gasteiger partial charge in [-0.15, -0.1) is 11.3 Å². The van der Waals surface area contributed by atoms with Crippen molar-refractivity contribution in [3.05, 3.63) is 45.8 Å². The van der Waals surface area contributed by atoms with Crippen LogP contribution in [-0.4, -0.2) is 44.0 Å². The summed E-state index contributed by atoms with van der Waals surface area (Å²) in [5.41, 5.74) is 3.03. The van der Waals surface area contributed by atoms with Gasteiger partial charge in [0.05, 0.1) is 23.6 Å². The Kier molecular flexibility index (Phi) is 6.77. The monoisotopic (exact) mass is 429 g/mol. The third-order valence-corrected chi connectivity index (χ3v) is 6.50. The first-order valence-electron chi connectivity index (χ1n) is 10.0. The van der Waals surface area contributed by atoms with E-state index in [1.54, 1.807) is 13.8 Å². The lowest BCUT2D eigenvalue weighted by Gasteiger charge is -2.36. The van der Waals surface area contributed by atoms with Gasteiger partial charge in [0.25, 0.3) is 5.91 Å². The molecule has 160 valence electrons. The lowest BCUT2D eigenvalue weighted by atomic mass is 9.96. The van der Waals surface area contributed by atoms with Crippen molar-refractivity contribution in [1.29, 1.82) is 0 Å². The number of benzene rings is 1. The van der Waals surface area contributed by atoms with Crippen LogP contribution in [0.3, 0.4) is 0 Å². The number of para-hydroxylation sites is 1. The summed E-state index contributed by atoms with van der Waals surface area (Å²) in [6.45, 7) is 5.87. The van der Waals surface area contributed by atoms with Crippen LogP contribution >= 0.6 is 11.3 Å². The fourth-order valence-corrected chi connectivity index (χ4v) is 4.86. The number of rotatable bonds is 6. The normalized spacial score (nSPS) is 15.3. The maximum Gasteiger partial charge on any atom is 0.341 e. The molecule has 1 aromatic carbocycles. The van der Waals surface area contributed by atoms with Gasteiger partial charge in [-0.3, -0.25) is 9.59 Å². The number of hydrogen-bond acceptors (Lipinski definition) is 6. The summed E-state index contributed by atoms with van der Waals surface area (Å²) in [6.07, 6.45) is 1.96. The Morgan fingerprint density at radius 2 is 2.00 bits per heavy atom. The van der Waals surface area contributed by atoms with Gasteiger partial charge in [0.2, 0.25) is 5.91 Å². The second-order valence-electron chi connectivity index (χ2n) is 7.25. The van der Waals surface area contributed by atoms with Gasteiger partial charge < -0.3 is 20.3 Å². The van der Waals surface area contributed by atoms with Crippen LogP contribution in [0.4, 0.5) is 10.7 Å². The number of thiophene rings is 1. The maximum absolute atomic E-state index is 12.9. The van der Waals surface area contributed by atoms with E-state index in [4.69, 9.17) is 4.74 Å². The molecule has 1 atom stereocenters. The van der Waals surface area contributed by atoms with Crippen molar-refractivity contribution in [2.45, 2.75) is 39.7 Å². The van der Waals surface area contributed by atoms with Crippen LogP contribution in [0.25, 0.3) is 0 Å². The third kappa shape index (κ3) is 4.33. The van der Waals surface area contributed by atoms with Crippen molar-refractivity contribution in [2.75, 3.05) is 30.4 Å². The molecule has 0 bridgehead atoms. The fraction of sp³-hybridized carbons (Fsp3) is 0.409. The van der Waals surface area contributed by atoms with Crippen LogP contribution in [0.1, 0.15) is 51.4 Å².